The van der Waals surface area contributed by atoms with Gasteiger partial charge >= 0.3 is 15.2 Å². The molecule has 1 saturated carbocycles. The van der Waals surface area contributed by atoms with Crippen molar-refractivity contribution in [2.75, 3.05) is 0 Å². The largest absolute Gasteiger partial charge is 0.343 e. The van der Waals surface area contributed by atoms with Gasteiger partial charge in [0.25, 0.3) is 0 Å². The molecule has 0 radical (unpaired) electrons. The number of hydrogen-bond donors (Lipinski definition) is 4. The van der Waals surface area contributed by atoms with Gasteiger partial charge in [0.15, 0.2) is 10.0 Å². The summed E-state index contributed by atoms with van der Waals surface area (Å²) in [6.07, 6.45) is -0.404. The third-order valence-corrected chi connectivity index (χ3v) is 8.45. The van der Waals surface area contributed by atoms with E-state index in [0.717, 1.165) is 11.8 Å². The standard InChI is InChI=1S/C7H14O7P2S/c1-5(8)17-6-2-3-7(4-6,15(9,10)11)16(12,13)14/h6H,2-4H2,1H3,(H2,9,10,11)(H2,12,13,14). The highest BCUT2D eigenvalue weighted by Crippen LogP contribution is 2.75. The van der Waals surface area contributed by atoms with Gasteiger partial charge in [0, 0.05) is 12.2 Å². The first-order valence-corrected chi connectivity index (χ1v) is 8.88. The van der Waals surface area contributed by atoms with E-state index in [1.54, 1.807) is 0 Å². The van der Waals surface area contributed by atoms with Crippen molar-refractivity contribution < 1.29 is 33.5 Å². The Bertz CT molecular complexity index is 388. The molecular formula is C7H14O7P2S. The van der Waals surface area contributed by atoms with E-state index in [9.17, 15) is 33.5 Å². The van der Waals surface area contributed by atoms with Crippen LogP contribution in [-0.2, 0) is 13.9 Å². The van der Waals surface area contributed by atoms with Crippen LogP contribution in [0.1, 0.15) is 26.2 Å². The summed E-state index contributed by atoms with van der Waals surface area (Å²) in [5, 5.41) is -0.685. The summed E-state index contributed by atoms with van der Waals surface area (Å²) in [5.41, 5.74) is 0. The molecule has 100 valence electrons. The molecule has 4 N–H and O–H groups in total. The van der Waals surface area contributed by atoms with Crippen LogP contribution in [0.4, 0.5) is 0 Å². The Hall–Kier alpha value is 0.320. The van der Waals surface area contributed by atoms with Crippen LogP contribution in [0, 0.1) is 0 Å². The quantitative estimate of drug-likeness (QED) is 0.565. The Kier molecular flexibility index (Phi) is 4.32. The van der Waals surface area contributed by atoms with Crippen LogP contribution in [0.5, 0.6) is 0 Å². The van der Waals surface area contributed by atoms with Crippen molar-refractivity contribution in [3.8, 4) is 0 Å². The van der Waals surface area contributed by atoms with Crippen LogP contribution in [0.15, 0.2) is 0 Å². The average molecular weight is 304 g/mol. The second kappa shape index (κ2) is 4.78. The lowest BCUT2D eigenvalue weighted by Crippen LogP contribution is -2.26. The first-order chi connectivity index (χ1) is 7.49. The SMILES string of the molecule is CC(=O)SC1CCC(P(=O)(O)O)(P(=O)(O)O)C1. The molecule has 0 saturated heterocycles. The molecule has 0 aromatic carbocycles. The minimum absolute atomic E-state index is 0.209. The molecule has 0 aromatic heterocycles. The van der Waals surface area contributed by atoms with Crippen molar-refractivity contribution in [2.24, 2.45) is 0 Å². The van der Waals surface area contributed by atoms with Gasteiger partial charge in [0.1, 0.15) is 0 Å². The summed E-state index contributed by atoms with van der Waals surface area (Å²) in [6, 6.07) is 0. The van der Waals surface area contributed by atoms with Crippen LogP contribution in [-0.4, -0.2) is 34.8 Å². The minimum atomic E-state index is -4.93. The summed E-state index contributed by atoms with van der Waals surface area (Å²) in [4.78, 5) is 45.3. The van der Waals surface area contributed by atoms with Gasteiger partial charge in [0.2, 0.25) is 0 Å². The highest BCUT2D eigenvalue weighted by molar-refractivity contribution is 8.14. The first kappa shape index (κ1) is 15.4. The molecule has 0 aromatic rings. The molecule has 1 rings (SSSR count). The number of carbonyl (C=O) groups is 1. The molecule has 1 fully saturated rings. The van der Waals surface area contributed by atoms with E-state index < -0.39 is 25.3 Å². The van der Waals surface area contributed by atoms with E-state index in [-0.39, 0.29) is 24.4 Å². The van der Waals surface area contributed by atoms with Gasteiger partial charge in [-0.3, -0.25) is 13.9 Å². The van der Waals surface area contributed by atoms with Gasteiger partial charge in [-0.1, -0.05) is 11.8 Å². The fourth-order valence-electron chi connectivity index (χ4n) is 2.00. The summed E-state index contributed by atoms with van der Waals surface area (Å²) in [6.45, 7) is 1.31. The maximum atomic E-state index is 11.3. The maximum absolute atomic E-state index is 11.3. The minimum Gasteiger partial charge on any atom is -0.324 e. The molecule has 17 heavy (non-hydrogen) atoms. The summed E-state index contributed by atoms with van der Waals surface area (Å²) < 4.78 is 22.7. The molecule has 0 aliphatic heterocycles. The van der Waals surface area contributed by atoms with E-state index in [1.165, 1.54) is 6.92 Å². The predicted octanol–water partition coefficient (Wildman–Crippen LogP) is 0.870. The van der Waals surface area contributed by atoms with E-state index in [4.69, 9.17) is 0 Å². The number of hydrogen-bond acceptors (Lipinski definition) is 4. The van der Waals surface area contributed by atoms with Crippen molar-refractivity contribution in [1.29, 1.82) is 0 Å². The molecule has 1 atom stereocenters. The summed E-state index contributed by atoms with van der Waals surface area (Å²) in [7, 11) is -9.87. The van der Waals surface area contributed by atoms with Crippen LogP contribution < -0.4 is 0 Å². The Morgan fingerprint density at radius 3 is 2.00 bits per heavy atom. The smallest absolute Gasteiger partial charge is 0.324 e. The van der Waals surface area contributed by atoms with E-state index in [1.807, 2.05) is 0 Å². The lowest BCUT2D eigenvalue weighted by atomic mass is 10.4. The Balaban J connectivity index is 3.04. The average Bonchev–Trinajstić information content (AvgIpc) is 2.45. The Morgan fingerprint density at radius 2 is 1.71 bits per heavy atom. The van der Waals surface area contributed by atoms with Gasteiger partial charge in [-0.15, -0.1) is 0 Å². The van der Waals surface area contributed by atoms with E-state index in [0.29, 0.717) is 0 Å². The third kappa shape index (κ3) is 3.01. The summed E-state index contributed by atoms with van der Waals surface area (Å²) in [5.74, 6) is 0. The van der Waals surface area contributed by atoms with Crippen LogP contribution in [0.25, 0.3) is 0 Å². The molecule has 1 aliphatic rings. The molecule has 1 aliphatic carbocycles. The number of carbonyl (C=O) groups excluding carboxylic acids is 1. The van der Waals surface area contributed by atoms with Crippen LogP contribution >= 0.6 is 27.0 Å². The fraction of sp³-hybridized carbons (Fsp3) is 0.857. The lowest BCUT2D eigenvalue weighted by molar-refractivity contribution is -0.109. The highest BCUT2D eigenvalue weighted by Gasteiger charge is 2.63. The van der Waals surface area contributed by atoms with Crippen LogP contribution in [0.2, 0.25) is 0 Å². The van der Waals surface area contributed by atoms with Gasteiger partial charge in [-0.05, 0) is 19.3 Å². The topological polar surface area (TPSA) is 132 Å². The number of rotatable bonds is 3. The highest BCUT2D eigenvalue weighted by atomic mass is 32.2. The molecule has 1 unspecified atom stereocenters. The monoisotopic (exact) mass is 304 g/mol. The maximum Gasteiger partial charge on any atom is 0.343 e. The lowest BCUT2D eigenvalue weighted by Gasteiger charge is -2.30. The van der Waals surface area contributed by atoms with Crippen LogP contribution in [0.3, 0.4) is 0 Å². The molecular weight excluding hydrogens is 290 g/mol. The van der Waals surface area contributed by atoms with Crippen molar-refractivity contribution in [3.05, 3.63) is 0 Å². The molecule has 0 heterocycles. The van der Waals surface area contributed by atoms with Crippen molar-refractivity contribution in [3.63, 3.8) is 0 Å². The van der Waals surface area contributed by atoms with Gasteiger partial charge in [-0.2, -0.15) is 0 Å². The third-order valence-electron chi connectivity index (χ3n) is 2.84. The first-order valence-electron chi connectivity index (χ1n) is 4.78. The zero-order valence-electron chi connectivity index (χ0n) is 9.01. The van der Waals surface area contributed by atoms with E-state index >= 15 is 0 Å². The molecule has 7 nitrogen and oxygen atoms in total. The summed E-state index contributed by atoms with van der Waals surface area (Å²) >= 11 is 0.871. The van der Waals surface area contributed by atoms with Gasteiger partial charge in [-0.25, -0.2) is 0 Å². The second-order valence-corrected chi connectivity index (χ2v) is 9.76. The predicted molar refractivity (Wildman–Crippen MR) is 62.7 cm³/mol. The normalized spacial score (nSPS) is 24.9. The van der Waals surface area contributed by atoms with E-state index in [2.05, 4.69) is 0 Å². The zero-order chi connectivity index (χ0) is 13.5. The van der Waals surface area contributed by atoms with Gasteiger partial charge < -0.3 is 19.6 Å². The Labute approximate surface area is 102 Å². The molecule has 0 bridgehead atoms. The molecule has 0 amide bonds. The van der Waals surface area contributed by atoms with Crippen molar-refractivity contribution in [1.82, 2.24) is 0 Å². The van der Waals surface area contributed by atoms with Crippen molar-refractivity contribution >= 4 is 32.1 Å². The van der Waals surface area contributed by atoms with Gasteiger partial charge in [0.05, 0.1) is 0 Å². The molecule has 0 spiro atoms. The number of thioether (sulfide) groups is 1. The Morgan fingerprint density at radius 1 is 1.24 bits per heavy atom. The van der Waals surface area contributed by atoms with Crippen molar-refractivity contribution in [2.45, 2.75) is 36.3 Å². The zero-order valence-corrected chi connectivity index (χ0v) is 11.6. The fourth-order valence-corrected chi connectivity index (χ4v) is 6.43. The molecule has 10 heteroatoms. The second-order valence-electron chi connectivity index (χ2n) is 4.04.